The Morgan fingerprint density at radius 1 is 0.733 bits per heavy atom. The van der Waals surface area contributed by atoms with E-state index in [4.69, 9.17) is 0 Å². The molecule has 86 valence electrons. The van der Waals surface area contributed by atoms with Crippen molar-refractivity contribution in [2.45, 2.75) is 58.8 Å². The van der Waals surface area contributed by atoms with Crippen LogP contribution >= 0.6 is 0 Å². The van der Waals surface area contributed by atoms with Crippen LogP contribution in [0.5, 0.6) is 0 Å². The maximum atomic E-state index is 2.42. The lowest BCUT2D eigenvalue weighted by Gasteiger charge is -2.43. The first-order chi connectivity index (χ1) is 7.33. The molecule has 2 bridgehead atoms. The van der Waals surface area contributed by atoms with Gasteiger partial charge in [0.25, 0.3) is 0 Å². The zero-order chi connectivity index (χ0) is 10.4. The third-order valence-electron chi connectivity index (χ3n) is 6.14. The molecule has 0 aromatic heterocycles. The van der Waals surface area contributed by atoms with Gasteiger partial charge in [-0.1, -0.05) is 26.7 Å². The second-order valence-electron chi connectivity index (χ2n) is 6.47. The Balaban J connectivity index is 1.76. The fourth-order valence-corrected chi connectivity index (χ4v) is 5.35. The molecule has 0 radical (unpaired) electrons. The Bertz CT molecular complexity index is 208. The molecule has 6 atom stereocenters. The number of rotatable bonds is 2. The summed E-state index contributed by atoms with van der Waals surface area (Å²) < 4.78 is 0. The molecule has 3 fully saturated rings. The highest BCUT2D eigenvalue weighted by Crippen LogP contribution is 2.59. The second-order valence-corrected chi connectivity index (χ2v) is 6.47. The molecule has 0 nitrogen and oxygen atoms in total. The molecule has 0 aromatic carbocycles. The fourth-order valence-electron chi connectivity index (χ4n) is 5.35. The Hall–Kier alpha value is 0. The van der Waals surface area contributed by atoms with Crippen molar-refractivity contribution >= 4 is 0 Å². The fraction of sp³-hybridized carbons (Fsp3) is 1.00. The molecule has 0 saturated heterocycles. The van der Waals surface area contributed by atoms with Crippen LogP contribution in [0.2, 0.25) is 0 Å². The summed E-state index contributed by atoms with van der Waals surface area (Å²) in [4.78, 5) is 0. The highest BCUT2D eigenvalue weighted by Gasteiger charge is 2.50. The molecule has 3 saturated carbocycles. The van der Waals surface area contributed by atoms with Gasteiger partial charge in [0.05, 0.1) is 0 Å². The van der Waals surface area contributed by atoms with E-state index in [0.29, 0.717) is 0 Å². The zero-order valence-electron chi connectivity index (χ0n) is 10.4. The molecule has 0 spiro atoms. The van der Waals surface area contributed by atoms with Gasteiger partial charge in [0, 0.05) is 0 Å². The predicted molar refractivity (Wildman–Crippen MR) is 64.6 cm³/mol. The molecule has 0 aliphatic heterocycles. The van der Waals surface area contributed by atoms with E-state index in [1.54, 1.807) is 32.1 Å². The van der Waals surface area contributed by atoms with Crippen LogP contribution < -0.4 is 0 Å². The molecule has 3 rings (SSSR count). The Kier molecular flexibility index (Phi) is 2.57. The molecule has 15 heavy (non-hydrogen) atoms. The Morgan fingerprint density at radius 3 is 1.60 bits per heavy atom. The van der Waals surface area contributed by atoms with Gasteiger partial charge in [-0.05, 0) is 67.6 Å². The highest BCUT2D eigenvalue weighted by molar-refractivity contribution is 5.00. The molecule has 0 heteroatoms. The first-order valence-electron chi connectivity index (χ1n) is 7.33. The van der Waals surface area contributed by atoms with Crippen LogP contribution in [0.3, 0.4) is 0 Å². The first-order valence-corrected chi connectivity index (χ1v) is 7.33. The molecule has 0 aromatic rings. The van der Waals surface area contributed by atoms with Gasteiger partial charge in [-0.3, -0.25) is 0 Å². The minimum absolute atomic E-state index is 1.08. The summed E-state index contributed by atoms with van der Waals surface area (Å²) in [5.74, 6) is 6.80. The predicted octanol–water partition coefficient (Wildman–Crippen LogP) is 4.49. The second kappa shape index (κ2) is 3.79. The van der Waals surface area contributed by atoms with Gasteiger partial charge in [0.2, 0.25) is 0 Å². The quantitative estimate of drug-likeness (QED) is 0.624. The van der Waals surface area contributed by atoms with Crippen molar-refractivity contribution in [3.8, 4) is 0 Å². The maximum Gasteiger partial charge on any atom is -0.0352 e. The van der Waals surface area contributed by atoms with Gasteiger partial charge in [-0.25, -0.2) is 0 Å². The van der Waals surface area contributed by atoms with Gasteiger partial charge in [-0.2, -0.15) is 0 Å². The SMILES string of the molecule is CC[C@@H]1C[C@H]2[C@H]3CC[C@H](C3)[C@H]2C[C@@H]1CC. The van der Waals surface area contributed by atoms with E-state index in [0.717, 1.165) is 35.5 Å². The summed E-state index contributed by atoms with van der Waals surface area (Å²) in [6, 6.07) is 0. The summed E-state index contributed by atoms with van der Waals surface area (Å²) in [7, 11) is 0. The van der Waals surface area contributed by atoms with Gasteiger partial charge < -0.3 is 0 Å². The van der Waals surface area contributed by atoms with Gasteiger partial charge in [0.1, 0.15) is 0 Å². The molecule has 0 N–H and O–H groups in total. The van der Waals surface area contributed by atoms with Crippen LogP contribution in [0.1, 0.15) is 58.8 Å². The normalized spacial score (nSPS) is 53.2. The number of hydrogen-bond acceptors (Lipinski definition) is 0. The number of hydrogen-bond donors (Lipinski definition) is 0. The third-order valence-corrected chi connectivity index (χ3v) is 6.14. The monoisotopic (exact) mass is 206 g/mol. The highest BCUT2D eigenvalue weighted by atomic mass is 14.6. The van der Waals surface area contributed by atoms with Crippen LogP contribution in [0.4, 0.5) is 0 Å². The van der Waals surface area contributed by atoms with Gasteiger partial charge in [0.15, 0.2) is 0 Å². The Morgan fingerprint density at radius 2 is 1.20 bits per heavy atom. The van der Waals surface area contributed by atoms with Crippen LogP contribution in [0, 0.1) is 35.5 Å². The van der Waals surface area contributed by atoms with E-state index in [1.807, 2.05) is 0 Å². The lowest BCUT2D eigenvalue weighted by Crippen LogP contribution is -2.34. The summed E-state index contributed by atoms with van der Waals surface area (Å²) in [6.45, 7) is 4.84. The summed E-state index contributed by atoms with van der Waals surface area (Å²) >= 11 is 0. The van der Waals surface area contributed by atoms with Crippen molar-refractivity contribution in [1.29, 1.82) is 0 Å². The zero-order valence-corrected chi connectivity index (χ0v) is 10.4. The lowest BCUT2D eigenvalue weighted by molar-refractivity contribution is 0.0657. The summed E-state index contributed by atoms with van der Waals surface area (Å²) in [5.41, 5.74) is 0. The minimum atomic E-state index is 1.08. The van der Waals surface area contributed by atoms with Crippen molar-refractivity contribution in [1.82, 2.24) is 0 Å². The van der Waals surface area contributed by atoms with E-state index in [-0.39, 0.29) is 0 Å². The van der Waals surface area contributed by atoms with Crippen molar-refractivity contribution < 1.29 is 0 Å². The average molecular weight is 206 g/mol. The average Bonchev–Trinajstić information content (AvgIpc) is 2.88. The topological polar surface area (TPSA) is 0 Å². The molecule has 0 amide bonds. The van der Waals surface area contributed by atoms with Crippen LogP contribution in [0.25, 0.3) is 0 Å². The van der Waals surface area contributed by atoms with Crippen LogP contribution in [0.15, 0.2) is 0 Å². The van der Waals surface area contributed by atoms with Crippen LogP contribution in [-0.4, -0.2) is 0 Å². The van der Waals surface area contributed by atoms with E-state index in [1.165, 1.54) is 12.8 Å². The standard InChI is InChI=1S/C15H26/c1-3-10-8-14-12-5-6-13(7-12)15(14)9-11(10)4-2/h10-15H,3-9H2,1-2H3/t10-,11+,12+,13-,14+,15-. The molecule has 0 unspecified atom stereocenters. The molecule has 0 heterocycles. The van der Waals surface area contributed by atoms with Crippen LogP contribution in [-0.2, 0) is 0 Å². The summed E-state index contributed by atoms with van der Waals surface area (Å²) in [5, 5.41) is 0. The van der Waals surface area contributed by atoms with Crippen molar-refractivity contribution in [2.24, 2.45) is 35.5 Å². The maximum absolute atomic E-state index is 2.42. The molecular formula is C15H26. The van der Waals surface area contributed by atoms with E-state index in [2.05, 4.69) is 13.8 Å². The van der Waals surface area contributed by atoms with Crippen molar-refractivity contribution in [3.63, 3.8) is 0 Å². The minimum Gasteiger partial charge on any atom is -0.0651 e. The Labute approximate surface area is 94.8 Å². The molecule has 3 aliphatic rings. The first kappa shape index (κ1) is 10.2. The van der Waals surface area contributed by atoms with Crippen molar-refractivity contribution in [2.75, 3.05) is 0 Å². The van der Waals surface area contributed by atoms with E-state index >= 15 is 0 Å². The largest absolute Gasteiger partial charge is 0.0651 e. The molecule has 3 aliphatic carbocycles. The smallest absolute Gasteiger partial charge is 0.0352 e. The van der Waals surface area contributed by atoms with Crippen molar-refractivity contribution in [3.05, 3.63) is 0 Å². The lowest BCUT2D eigenvalue weighted by atomic mass is 9.62. The van der Waals surface area contributed by atoms with Gasteiger partial charge in [-0.15, -0.1) is 0 Å². The van der Waals surface area contributed by atoms with Gasteiger partial charge >= 0.3 is 0 Å². The van der Waals surface area contributed by atoms with E-state index in [9.17, 15) is 0 Å². The third kappa shape index (κ3) is 1.47. The number of fused-ring (bicyclic) bond motifs is 5. The molecular weight excluding hydrogens is 180 g/mol. The summed E-state index contributed by atoms with van der Waals surface area (Å²) in [6.07, 6.45) is 10.9. The van der Waals surface area contributed by atoms with E-state index < -0.39 is 0 Å².